The minimum atomic E-state index is -0.324. The minimum absolute atomic E-state index is 0.324. The van der Waals surface area contributed by atoms with Crippen LogP contribution in [0.1, 0.15) is 5.76 Å². The largest absolute Gasteiger partial charge is 0.497 e. The van der Waals surface area contributed by atoms with Crippen LogP contribution in [-0.2, 0) is 7.05 Å². The van der Waals surface area contributed by atoms with Gasteiger partial charge in [-0.2, -0.15) is 0 Å². The van der Waals surface area contributed by atoms with Crippen molar-refractivity contribution in [3.05, 3.63) is 40.4 Å². The SMILES string of the molecule is COc1ccc2c(c1)c1cc(=O)oc(C)c1n2C. The summed E-state index contributed by atoms with van der Waals surface area (Å²) in [5, 5.41) is 1.91. The minimum Gasteiger partial charge on any atom is -0.497 e. The second-order valence-electron chi connectivity index (χ2n) is 4.33. The Bertz CT molecular complexity index is 811. The van der Waals surface area contributed by atoms with Crippen molar-refractivity contribution in [2.75, 3.05) is 7.11 Å². The van der Waals surface area contributed by atoms with Crippen molar-refractivity contribution >= 4 is 21.8 Å². The molecule has 92 valence electrons. The first kappa shape index (κ1) is 10.9. The van der Waals surface area contributed by atoms with Crippen LogP contribution in [-0.4, -0.2) is 11.7 Å². The predicted molar refractivity (Wildman–Crippen MR) is 70.3 cm³/mol. The molecule has 4 heteroatoms. The molecule has 0 unspecified atom stereocenters. The summed E-state index contributed by atoms with van der Waals surface area (Å²) >= 11 is 0. The molecular formula is C14H13NO3. The highest BCUT2D eigenvalue weighted by Crippen LogP contribution is 2.31. The first-order chi connectivity index (χ1) is 8.61. The first-order valence-corrected chi connectivity index (χ1v) is 5.68. The number of aromatic nitrogens is 1. The van der Waals surface area contributed by atoms with E-state index in [2.05, 4.69) is 0 Å². The van der Waals surface area contributed by atoms with Gasteiger partial charge in [0.2, 0.25) is 0 Å². The third kappa shape index (κ3) is 1.35. The number of fused-ring (bicyclic) bond motifs is 3. The third-order valence-corrected chi connectivity index (χ3v) is 3.30. The molecule has 0 radical (unpaired) electrons. The van der Waals surface area contributed by atoms with E-state index in [0.29, 0.717) is 5.76 Å². The van der Waals surface area contributed by atoms with E-state index in [1.54, 1.807) is 14.0 Å². The van der Waals surface area contributed by atoms with Crippen molar-refractivity contribution in [3.8, 4) is 5.75 Å². The van der Waals surface area contributed by atoms with Crippen LogP contribution in [0.4, 0.5) is 0 Å². The number of rotatable bonds is 1. The normalized spacial score (nSPS) is 11.3. The van der Waals surface area contributed by atoms with Gasteiger partial charge in [0.25, 0.3) is 0 Å². The van der Waals surface area contributed by atoms with Crippen molar-refractivity contribution in [2.24, 2.45) is 7.05 Å². The number of hydrogen-bond donors (Lipinski definition) is 0. The van der Waals surface area contributed by atoms with E-state index in [9.17, 15) is 4.79 Å². The highest BCUT2D eigenvalue weighted by atomic mass is 16.5. The number of methoxy groups -OCH3 is 1. The molecule has 0 amide bonds. The van der Waals surface area contributed by atoms with Gasteiger partial charge in [-0.1, -0.05) is 0 Å². The van der Waals surface area contributed by atoms with E-state index in [0.717, 1.165) is 27.6 Å². The van der Waals surface area contributed by atoms with Crippen molar-refractivity contribution in [2.45, 2.75) is 6.92 Å². The van der Waals surface area contributed by atoms with Crippen LogP contribution < -0.4 is 10.4 Å². The van der Waals surface area contributed by atoms with Gasteiger partial charge < -0.3 is 13.7 Å². The molecule has 0 atom stereocenters. The van der Waals surface area contributed by atoms with Gasteiger partial charge in [0, 0.05) is 29.4 Å². The Morgan fingerprint density at radius 2 is 2.00 bits per heavy atom. The Hall–Kier alpha value is -2.23. The van der Waals surface area contributed by atoms with Gasteiger partial charge >= 0.3 is 5.63 Å². The fourth-order valence-corrected chi connectivity index (χ4v) is 2.50. The lowest BCUT2D eigenvalue weighted by Gasteiger charge is -2.00. The van der Waals surface area contributed by atoms with Crippen LogP contribution in [0.15, 0.2) is 33.5 Å². The highest BCUT2D eigenvalue weighted by molar-refractivity contribution is 6.08. The second-order valence-corrected chi connectivity index (χ2v) is 4.33. The Morgan fingerprint density at radius 3 is 2.72 bits per heavy atom. The molecule has 0 N–H and O–H groups in total. The van der Waals surface area contributed by atoms with Crippen LogP contribution in [0, 0.1) is 6.92 Å². The topological polar surface area (TPSA) is 44.4 Å². The molecule has 0 aliphatic heterocycles. The van der Waals surface area contributed by atoms with E-state index in [1.807, 2.05) is 29.8 Å². The summed E-state index contributed by atoms with van der Waals surface area (Å²) in [4.78, 5) is 11.5. The smallest absolute Gasteiger partial charge is 0.336 e. The summed E-state index contributed by atoms with van der Waals surface area (Å²) in [6.07, 6.45) is 0. The standard InChI is InChI=1S/C14H13NO3/c1-8-14-11(7-13(16)18-8)10-6-9(17-3)4-5-12(10)15(14)2/h4-7H,1-3H3. The number of ether oxygens (including phenoxy) is 1. The van der Waals surface area contributed by atoms with Gasteiger partial charge in [-0.05, 0) is 25.1 Å². The van der Waals surface area contributed by atoms with E-state index in [1.165, 1.54) is 6.07 Å². The number of nitrogens with zero attached hydrogens (tertiary/aromatic N) is 1. The molecule has 3 aromatic rings. The number of aryl methyl sites for hydroxylation is 2. The van der Waals surface area contributed by atoms with Gasteiger partial charge in [0.05, 0.1) is 12.6 Å². The molecule has 0 bridgehead atoms. The third-order valence-electron chi connectivity index (χ3n) is 3.30. The van der Waals surface area contributed by atoms with Gasteiger partial charge in [-0.3, -0.25) is 0 Å². The average molecular weight is 243 g/mol. The van der Waals surface area contributed by atoms with Crippen molar-refractivity contribution in [3.63, 3.8) is 0 Å². The van der Waals surface area contributed by atoms with Crippen LogP contribution in [0.25, 0.3) is 21.8 Å². The van der Waals surface area contributed by atoms with E-state index >= 15 is 0 Å². The first-order valence-electron chi connectivity index (χ1n) is 5.68. The highest BCUT2D eigenvalue weighted by Gasteiger charge is 2.13. The van der Waals surface area contributed by atoms with Crippen LogP contribution >= 0.6 is 0 Å². The molecular weight excluding hydrogens is 230 g/mol. The number of benzene rings is 1. The second kappa shape index (κ2) is 3.63. The lowest BCUT2D eigenvalue weighted by Crippen LogP contribution is -1.98. The van der Waals surface area contributed by atoms with Crippen molar-refractivity contribution in [1.82, 2.24) is 4.57 Å². The zero-order chi connectivity index (χ0) is 12.9. The summed E-state index contributed by atoms with van der Waals surface area (Å²) in [5.74, 6) is 1.41. The molecule has 2 heterocycles. The number of hydrogen-bond acceptors (Lipinski definition) is 3. The average Bonchev–Trinajstić information content (AvgIpc) is 2.62. The van der Waals surface area contributed by atoms with Gasteiger partial charge in [-0.15, -0.1) is 0 Å². The van der Waals surface area contributed by atoms with Crippen molar-refractivity contribution < 1.29 is 9.15 Å². The summed E-state index contributed by atoms with van der Waals surface area (Å²) in [6.45, 7) is 1.81. The molecule has 0 spiro atoms. The van der Waals surface area contributed by atoms with E-state index in [-0.39, 0.29) is 5.63 Å². The van der Waals surface area contributed by atoms with Crippen LogP contribution in [0.5, 0.6) is 5.75 Å². The predicted octanol–water partition coefficient (Wildman–Crippen LogP) is 2.60. The molecule has 1 aromatic carbocycles. The fourth-order valence-electron chi connectivity index (χ4n) is 2.50. The molecule has 0 aliphatic carbocycles. The molecule has 3 rings (SSSR count). The maximum atomic E-state index is 11.5. The molecule has 2 aromatic heterocycles. The van der Waals surface area contributed by atoms with Crippen LogP contribution in [0.3, 0.4) is 0 Å². The summed E-state index contributed by atoms with van der Waals surface area (Å²) in [7, 11) is 3.59. The molecule has 0 saturated heterocycles. The maximum absolute atomic E-state index is 11.5. The van der Waals surface area contributed by atoms with Crippen LogP contribution in [0.2, 0.25) is 0 Å². The Kier molecular flexibility index (Phi) is 2.20. The van der Waals surface area contributed by atoms with Gasteiger partial charge in [0.1, 0.15) is 11.5 Å². The molecule has 18 heavy (non-hydrogen) atoms. The van der Waals surface area contributed by atoms with E-state index < -0.39 is 0 Å². The monoisotopic (exact) mass is 243 g/mol. The molecule has 0 saturated carbocycles. The quantitative estimate of drug-likeness (QED) is 0.660. The summed E-state index contributed by atoms with van der Waals surface area (Å²) in [6, 6.07) is 7.37. The van der Waals surface area contributed by atoms with Crippen molar-refractivity contribution in [1.29, 1.82) is 0 Å². The Morgan fingerprint density at radius 1 is 1.22 bits per heavy atom. The van der Waals surface area contributed by atoms with E-state index in [4.69, 9.17) is 9.15 Å². The van der Waals surface area contributed by atoms with Gasteiger partial charge in [-0.25, -0.2) is 4.79 Å². The molecule has 0 fully saturated rings. The molecule has 0 aliphatic rings. The lowest BCUT2D eigenvalue weighted by molar-refractivity contribution is 0.415. The summed E-state index contributed by atoms with van der Waals surface area (Å²) in [5.41, 5.74) is 1.67. The Labute approximate surface area is 103 Å². The van der Waals surface area contributed by atoms with Gasteiger partial charge in [0.15, 0.2) is 0 Å². The molecule has 4 nitrogen and oxygen atoms in total. The Balaban J connectivity index is 2.59. The fraction of sp³-hybridized carbons (Fsp3) is 0.214. The zero-order valence-corrected chi connectivity index (χ0v) is 10.5. The summed E-state index contributed by atoms with van der Waals surface area (Å²) < 4.78 is 12.4. The zero-order valence-electron chi connectivity index (χ0n) is 10.5. The maximum Gasteiger partial charge on any atom is 0.336 e. The lowest BCUT2D eigenvalue weighted by atomic mass is 10.2.